The van der Waals surface area contributed by atoms with Crippen LogP contribution in [-0.4, -0.2) is 56.2 Å². The summed E-state index contributed by atoms with van der Waals surface area (Å²) in [6.07, 6.45) is 7.76. The first-order valence-electron chi connectivity index (χ1n) is 9.34. The summed E-state index contributed by atoms with van der Waals surface area (Å²) in [6.45, 7) is 1.47. The molecular weight excluding hydrogens is 356 g/mol. The topological polar surface area (TPSA) is 96.9 Å². The number of aromatic amines is 1. The van der Waals surface area contributed by atoms with Crippen molar-refractivity contribution in [1.82, 2.24) is 30.0 Å². The minimum absolute atomic E-state index is 0.0215. The third-order valence-electron chi connectivity index (χ3n) is 5.05. The fourth-order valence-electron chi connectivity index (χ4n) is 3.44. The summed E-state index contributed by atoms with van der Waals surface area (Å²) < 4.78 is 5.04. The Bertz CT molecular complexity index is 917. The van der Waals surface area contributed by atoms with Crippen LogP contribution in [0.1, 0.15) is 29.0 Å². The van der Waals surface area contributed by atoms with E-state index in [2.05, 4.69) is 25.1 Å². The molecule has 0 aromatic carbocycles. The summed E-state index contributed by atoms with van der Waals surface area (Å²) in [5.41, 5.74) is 1.54. The molecule has 0 radical (unpaired) electrons. The second-order valence-corrected chi connectivity index (χ2v) is 6.87. The monoisotopic (exact) mass is 378 g/mol. The van der Waals surface area contributed by atoms with E-state index in [1.807, 2.05) is 17.0 Å². The SMILES string of the molecule is COc1ccc(C(=O)N2CCC(Cc3nc(-c4ccncc4)n[nH]3)CC2)cn1. The second-order valence-electron chi connectivity index (χ2n) is 6.87. The Morgan fingerprint density at radius 1 is 1.21 bits per heavy atom. The van der Waals surface area contributed by atoms with Crippen LogP contribution in [-0.2, 0) is 6.42 Å². The lowest BCUT2D eigenvalue weighted by atomic mass is 9.93. The van der Waals surface area contributed by atoms with E-state index in [-0.39, 0.29) is 5.91 Å². The number of likely N-dealkylation sites (tertiary alicyclic amines) is 1. The lowest BCUT2D eigenvalue weighted by molar-refractivity contribution is 0.0689. The van der Waals surface area contributed by atoms with Crippen molar-refractivity contribution in [3.63, 3.8) is 0 Å². The standard InChI is InChI=1S/C20H22N6O2/c1-28-18-3-2-16(13-22-18)20(27)26-10-6-14(7-11-26)12-17-23-19(25-24-17)15-4-8-21-9-5-15/h2-5,8-9,13-14H,6-7,10-12H2,1H3,(H,23,24,25). The minimum Gasteiger partial charge on any atom is -0.481 e. The van der Waals surface area contributed by atoms with Gasteiger partial charge in [-0.2, -0.15) is 5.10 Å². The minimum atomic E-state index is 0.0215. The zero-order chi connectivity index (χ0) is 19.3. The molecule has 1 N–H and O–H groups in total. The van der Waals surface area contributed by atoms with Gasteiger partial charge in [-0.05, 0) is 37.0 Å². The molecule has 1 aliphatic rings. The van der Waals surface area contributed by atoms with Gasteiger partial charge in [0, 0.05) is 49.7 Å². The summed E-state index contributed by atoms with van der Waals surface area (Å²) in [6, 6.07) is 7.26. The van der Waals surface area contributed by atoms with Crippen LogP contribution in [0, 0.1) is 5.92 Å². The summed E-state index contributed by atoms with van der Waals surface area (Å²) in [4.78, 5) is 27.3. The fraction of sp³-hybridized carbons (Fsp3) is 0.350. The molecule has 144 valence electrons. The number of piperidine rings is 1. The molecule has 1 saturated heterocycles. The Morgan fingerprint density at radius 3 is 2.68 bits per heavy atom. The number of hydrogen-bond acceptors (Lipinski definition) is 6. The van der Waals surface area contributed by atoms with Gasteiger partial charge >= 0.3 is 0 Å². The molecule has 0 spiro atoms. The summed E-state index contributed by atoms with van der Waals surface area (Å²) in [5.74, 6) is 2.59. The average molecular weight is 378 g/mol. The Morgan fingerprint density at radius 2 is 2.00 bits per heavy atom. The van der Waals surface area contributed by atoms with Gasteiger partial charge in [0.15, 0.2) is 5.82 Å². The number of hydrogen-bond donors (Lipinski definition) is 1. The first-order valence-corrected chi connectivity index (χ1v) is 9.34. The largest absolute Gasteiger partial charge is 0.481 e. The van der Waals surface area contributed by atoms with Crippen LogP contribution in [0.5, 0.6) is 5.88 Å². The molecule has 0 atom stereocenters. The number of methoxy groups -OCH3 is 1. The third-order valence-corrected chi connectivity index (χ3v) is 5.05. The Labute approximate surface area is 163 Å². The van der Waals surface area contributed by atoms with Gasteiger partial charge in [-0.1, -0.05) is 0 Å². The number of H-pyrrole nitrogens is 1. The highest BCUT2D eigenvalue weighted by Crippen LogP contribution is 2.23. The predicted molar refractivity (Wildman–Crippen MR) is 103 cm³/mol. The van der Waals surface area contributed by atoms with E-state index in [0.717, 1.165) is 43.7 Å². The van der Waals surface area contributed by atoms with Crippen LogP contribution in [0.15, 0.2) is 42.9 Å². The summed E-state index contributed by atoms with van der Waals surface area (Å²) in [7, 11) is 1.56. The number of pyridine rings is 2. The number of ether oxygens (including phenoxy) is 1. The van der Waals surface area contributed by atoms with Gasteiger partial charge in [-0.25, -0.2) is 9.97 Å². The van der Waals surface area contributed by atoms with Crippen LogP contribution >= 0.6 is 0 Å². The number of nitrogens with zero attached hydrogens (tertiary/aromatic N) is 5. The van der Waals surface area contributed by atoms with Crippen molar-refractivity contribution in [3.05, 3.63) is 54.2 Å². The van der Waals surface area contributed by atoms with Crippen molar-refractivity contribution in [2.45, 2.75) is 19.3 Å². The number of carbonyl (C=O) groups is 1. The van der Waals surface area contributed by atoms with Crippen LogP contribution in [0.2, 0.25) is 0 Å². The van der Waals surface area contributed by atoms with E-state index in [1.165, 1.54) is 0 Å². The maximum absolute atomic E-state index is 12.6. The molecule has 3 aromatic heterocycles. The van der Waals surface area contributed by atoms with E-state index in [4.69, 9.17) is 4.74 Å². The van der Waals surface area contributed by atoms with E-state index >= 15 is 0 Å². The highest BCUT2D eigenvalue weighted by Gasteiger charge is 2.25. The Kier molecular flexibility index (Phi) is 5.27. The van der Waals surface area contributed by atoms with Crippen molar-refractivity contribution in [3.8, 4) is 17.3 Å². The molecule has 28 heavy (non-hydrogen) atoms. The van der Waals surface area contributed by atoms with Gasteiger partial charge in [-0.15, -0.1) is 0 Å². The maximum atomic E-state index is 12.6. The molecule has 3 aromatic rings. The lowest BCUT2D eigenvalue weighted by Crippen LogP contribution is -2.39. The van der Waals surface area contributed by atoms with Gasteiger partial charge in [0.25, 0.3) is 5.91 Å². The highest BCUT2D eigenvalue weighted by atomic mass is 16.5. The Hall–Kier alpha value is -3.29. The summed E-state index contributed by atoms with van der Waals surface area (Å²) in [5, 5.41) is 7.34. The zero-order valence-corrected chi connectivity index (χ0v) is 15.7. The normalized spacial score (nSPS) is 14.8. The molecule has 4 rings (SSSR count). The second kappa shape index (κ2) is 8.16. The van der Waals surface area contributed by atoms with Gasteiger partial charge in [-0.3, -0.25) is 14.9 Å². The number of rotatable bonds is 5. The smallest absolute Gasteiger partial charge is 0.255 e. The predicted octanol–water partition coefficient (Wildman–Crippen LogP) is 2.37. The summed E-state index contributed by atoms with van der Waals surface area (Å²) >= 11 is 0. The van der Waals surface area contributed by atoms with E-state index in [9.17, 15) is 4.79 Å². The van der Waals surface area contributed by atoms with Gasteiger partial charge < -0.3 is 9.64 Å². The van der Waals surface area contributed by atoms with Crippen molar-refractivity contribution in [2.75, 3.05) is 20.2 Å². The number of aromatic nitrogens is 5. The van der Waals surface area contributed by atoms with Crippen molar-refractivity contribution >= 4 is 5.91 Å². The molecule has 4 heterocycles. The maximum Gasteiger partial charge on any atom is 0.255 e. The molecule has 0 aliphatic carbocycles. The zero-order valence-electron chi connectivity index (χ0n) is 15.7. The fourth-order valence-corrected chi connectivity index (χ4v) is 3.44. The van der Waals surface area contributed by atoms with Crippen LogP contribution in [0.25, 0.3) is 11.4 Å². The quantitative estimate of drug-likeness (QED) is 0.732. The molecule has 8 nitrogen and oxygen atoms in total. The van der Waals surface area contributed by atoms with Gasteiger partial charge in [0.2, 0.25) is 5.88 Å². The van der Waals surface area contributed by atoms with Crippen LogP contribution < -0.4 is 4.74 Å². The molecule has 1 fully saturated rings. The Balaban J connectivity index is 1.32. The van der Waals surface area contributed by atoms with E-state index in [1.54, 1.807) is 37.8 Å². The van der Waals surface area contributed by atoms with E-state index in [0.29, 0.717) is 23.2 Å². The van der Waals surface area contributed by atoms with Crippen molar-refractivity contribution in [2.24, 2.45) is 5.92 Å². The molecule has 0 bridgehead atoms. The number of amides is 1. The molecule has 8 heteroatoms. The average Bonchev–Trinajstić information content (AvgIpc) is 3.23. The van der Waals surface area contributed by atoms with Crippen molar-refractivity contribution < 1.29 is 9.53 Å². The molecule has 1 aliphatic heterocycles. The highest BCUT2D eigenvalue weighted by molar-refractivity contribution is 5.94. The van der Waals surface area contributed by atoms with Crippen LogP contribution in [0.3, 0.4) is 0 Å². The molecule has 1 amide bonds. The first-order chi connectivity index (χ1) is 13.7. The van der Waals surface area contributed by atoms with Gasteiger partial charge in [0.05, 0.1) is 12.7 Å². The van der Waals surface area contributed by atoms with Crippen LogP contribution in [0.4, 0.5) is 0 Å². The molecular formula is C20H22N6O2. The molecule has 0 saturated carbocycles. The molecule has 0 unspecified atom stereocenters. The third kappa shape index (κ3) is 4.00. The lowest BCUT2D eigenvalue weighted by Gasteiger charge is -2.31. The number of nitrogens with one attached hydrogen (secondary N) is 1. The number of carbonyl (C=O) groups excluding carboxylic acids is 1. The van der Waals surface area contributed by atoms with Crippen molar-refractivity contribution in [1.29, 1.82) is 0 Å². The first kappa shape index (κ1) is 18.1. The van der Waals surface area contributed by atoms with E-state index < -0.39 is 0 Å². The van der Waals surface area contributed by atoms with Gasteiger partial charge in [0.1, 0.15) is 5.82 Å².